The first kappa shape index (κ1) is 12.9. The Hall–Kier alpha value is -0.130. The zero-order valence-corrected chi connectivity index (χ0v) is 11.5. The summed E-state index contributed by atoms with van der Waals surface area (Å²) in [5.74, 6) is 0. The minimum atomic E-state index is -0.532. The molecule has 0 fully saturated rings. The van der Waals surface area contributed by atoms with Gasteiger partial charge in [0.05, 0.1) is 12.1 Å². The van der Waals surface area contributed by atoms with Crippen LogP contribution in [0.4, 0.5) is 0 Å². The Kier molecular flexibility index (Phi) is 4.14. The fourth-order valence-electron chi connectivity index (χ4n) is 1.43. The van der Waals surface area contributed by atoms with Crippen LogP contribution in [0.25, 0.3) is 0 Å². The van der Waals surface area contributed by atoms with Crippen LogP contribution in [0.2, 0.25) is 0 Å². The first-order chi connectivity index (χ1) is 6.82. The van der Waals surface area contributed by atoms with E-state index >= 15 is 0 Å². The summed E-state index contributed by atoms with van der Waals surface area (Å²) in [6.45, 7) is 5.97. The Morgan fingerprint density at radius 3 is 2.40 bits per heavy atom. The summed E-state index contributed by atoms with van der Waals surface area (Å²) in [5, 5.41) is 10.1. The van der Waals surface area contributed by atoms with Crippen LogP contribution >= 0.6 is 22.6 Å². The SMILES string of the molecule is CC(C)(C)[C@H](O)[C@H](N)c1cccc(I)c1. The monoisotopic (exact) mass is 319 g/mol. The summed E-state index contributed by atoms with van der Waals surface area (Å²) in [6, 6.07) is 7.63. The predicted molar refractivity (Wildman–Crippen MR) is 71.5 cm³/mol. The van der Waals surface area contributed by atoms with Gasteiger partial charge in [-0.3, -0.25) is 0 Å². The molecule has 0 spiro atoms. The lowest BCUT2D eigenvalue weighted by Crippen LogP contribution is -2.36. The highest BCUT2D eigenvalue weighted by molar-refractivity contribution is 14.1. The average molecular weight is 319 g/mol. The van der Waals surface area contributed by atoms with E-state index < -0.39 is 6.10 Å². The Balaban J connectivity index is 2.90. The standard InChI is InChI=1S/C12H18INO/c1-12(2,3)11(15)10(14)8-5-4-6-9(13)7-8/h4-7,10-11,15H,14H2,1-3H3/t10-,11-/m1/s1. The van der Waals surface area contributed by atoms with Gasteiger partial charge in [-0.2, -0.15) is 0 Å². The van der Waals surface area contributed by atoms with Gasteiger partial charge in [0.25, 0.3) is 0 Å². The fourth-order valence-corrected chi connectivity index (χ4v) is 2.00. The van der Waals surface area contributed by atoms with Crippen molar-refractivity contribution in [3.63, 3.8) is 0 Å². The van der Waals surface area contributed by atoms with Gasteiger partial charge in [0, 0.05) is 3.57 Å². The van der Waals surface area contributed by atoms with Crippen molar-refractivity contribution in [1.29, 1.82) is 0 Å². The summed E-state index contributed by atoms with van der Waals surface area (Å²) in [5.41, 5.74) is 6.84. The van der Waals surface area contributed by atoms with Crippen LogP contribution < -0.4 is 5.73 Å². The molecule has 0 amide bonds. The maximum atomic E-state index is 10.1. The number of rotatable bonds is 2. The molecule has 0 unspecified atom stereocenters. The Morgan fingerprint density at radius 1 is 1.33 bits per heavy atom. The van der Waals surface area contributed by atoms with E-state index in [0.29, 0.717) is 0 Å². The number of aliphatic hydroxyl groups excluding tert-OH is 1. The van der Waals surface area contributed by atoms with Crippen molar-refractivity contribution in [2.24, 2.45) is 11.1 Å². The summed E-state index contributed by atoms with van der Waals surface area (Å²) in [7, 11) is 0. The molecule has 15 heavy (non-hydrogen) atoms. The average Bonchev–Trinajstić information content (AvgIpc) is 2.14. The fraction of sp³-hybridized carbons (Fsp3) is 0.500. The molecule has 84 valence electrons. The van der Waals surface area contributed by atoms with E-state index in [1.54, 1.807) is 0 Å². The molecule has 0 saturated carbocycles. The molecule has 0 aliphatic heterocycles. The minimum Gasteiger partial charge on any atom is -0.391 e. The Labute approximate surface area is 105 Å². The lowest BCUT2D eigenvalue weighted by molar-refractivity contribution is 0.0401. The smallest absolute Gasteiger partial charge is 0.0780 e. The molecular weight excluding hydrogens is 301 g/mol. The number of benzene rings is 1. The van der Waals surface area contributed by atoms with Crippen molar-refractivity contribution < 1.29 is 5.11 Å². The quantitative estimate of drug-likeness (QED) is 0.824. The minimum absolute atomic E-state index is 0.194. The number of hydrogen-bond acceptors (Lipinski definition) is 2. The summed E-state index contributed by atoms with van der Waals surface area (Å²) in [4.78, 5) is 0. The van der Waals surface area contributed by atoms with Crippen molar-refractivity contribution in [3.05, 3.63) is 33.4 Å². The molecule has 3 N–H and O–H groups in total. The maximum absolute atomic E-state index is 10.1. The normalized spacial score (nSPS) is 16.1. The van der Waals surface area contributed by atoms with Gasteiger partial charge in [-0.15, -0.1) is 0 Å². The van der Waals surface area contributed by atoms with Crippen LogP contribution in [0.3, 0.4) is 0 Å². The lowest BCUT2D eigenvalue weighted by atomic mass is 9.82. The van der Waals surface area contributed by atoms with Gasteiger partial charge in [-0.05, 0) is 45.7 Å². The molecule has 0 radical (unpaired) electrons. The maximum Gasteiger partial charge on any atom is 0.0780 e. The summed E-state index contributed by atoms with van der Waals surface area (Å²) in [6.07, 6.45) is -0.532. The molecule has 0 heterocycles. The van der Waals surface area contributed by atoms with E-state index in [-0.39, 0.29) is 11.5 Å². The van der Waals surface area contributed by atoms with Crippen molar-refractivity contribution >= 4 is 22.6 Å². The molecular formula is C12H18INO. The zero-order chi connectivity index (χ0) is 11.6. The van der Waals surface area contributed by atoms with Gasteiger partial charge in [0.1, 0.15) is 0 Å². The van der Waals surface area contributed by atoms with E-state index in [9.17, 15) is 5.11 Å². The van der Waals surface area contributed by atoms with Gasteiger partial charge in [0.2, 0.25) is 0 Å². The number of halogens is 1. The number of nitrogens with two attached hydrogens (primary N) is 1. The van der Waals surface area contributed by atoms with E-state index in [2.05, 4.69) is 22.6 Å². The van der Waals surface area contributed by atoms with E-state index in [1.807, 2.05) is 45.0 Å². The van der Waals surface area contributed by atoms with Gasteiger partial charge in [0.15, 0.2) is 0 Å². The molecule has 0 saturated heterocycles. The van der Waals surface area contributed by atoms with Crippen LogP contribution in [-0.4, -0.2) is 11.2 Å². The molecule has 1 aromatic carbocycles. The van der Waals surface area contributed by atoms with Crippen LogP contribution in [0.5, 0.6) is 0 Å². The predicted octanol–water partition coefficient (Wildman–Crippen LogP) is 2.70. The van der Waals surface area contributed by atoms with Gasteiger partial charge < -0.3 is 10.8 Å². The van der Waals surface area contributed by atoms with Crippen molar-refractivity contribution in [2.75, 3.05) is 0 Å². The summed E-state index contributed by atoms with van der Waals surface area (Å²) < 4.78 is 1.14. The third-order valence-corrected chi connectivity index (χ3v) is 3.13. The van der Waals surface area contributed by atoms with Gasteiger partial charge in [-0.1, -0.05) is 32.9 Å². The topological polar surface area (TPSA) is 46.2 Å². The molecule has 1 aromatic rings. The van der Waals surface area contributed by atoms with Crippen LogP contribution in [0, 0.1) is 8.99 Å². The second kappa shape index (κ2) is 4.80. The number of aliphatic hydroxyl groups is 1. The molecule has 0 bridgehead atoms. The van der Waals surface area contributed by atoms with Crippen LogP contribution in [-0.2, 0) is 0 Å². The highest BCUT2D eigenvalue weighted by atomic mass is 127. The first-order valence-corrected chi connectivity index (χ1v) is 6.09. The third-order valence-electron chi connectivity index (χ3n) is 2.46. The van der Waals surface area contributed by atoms with Crippen LogP contribution in [0.15, 0.2) is 24.3 Å². The molecule has 3 heteroatoms. The van der Waals surface area contributed by atoms with Gasteiger partial charge in [-0.25, -0.2) is 0 Å². The van der Waals surface area contributed by atoms with E-state index in [4.69, 9.17) is 5.73 Å². The first-order valence-electron chi connectivity index (χ1n) is 5.01. The molecule has 0 aliphatic carbocycles. The molecule has 0 aliphatic rings. The van der Waals surface area contributed by atoms with E-state index in [0.717, 1.165) is 9.13 Å². The highest BCUT2D eigenvalue weighted by Gasteiger charge is 2.28. The van der Waals surface area contributed by atoms with Crippen LogP contribution in [0.1, 0.15) is 32.4 Å². The van der Waals surface area contributed by atoms with Crippen molar-refractivity contribution in [2.45, 2.75) is 32.9 Å². The second-order valence-corrected chi connectivity index (χ2v) is 6.14. The second-order valence-electron chi connectivity index (χ2n) is 4.89. The van der Waals surface area contributed by atoms with Crippen molar-refractivity contribution in [1.82, 2.24) is 0 Å². The number of hydrogen-bond donors (Lipinski definition) is 2. The largest absolute Gasteiger partial charge is 0.391 e. The molecule has 2 nitrogen and oxygen atoms in total. The highest BCUT2D eigenvalue weighted by Crippen LogP contribution is 2.28. The lowest BCUT2D eigenvalue weighted by Gasteiger charge is -2.31. The molecule has 2 atom stereocenters. The Bertz CT molecular complexity index is 333. The molecule has 0 aromatic heterocycles. The molecule has 1 rings (SSSR count). The Morgan fingerprint density at radius 2 is 1.93 bits per heavy atom. The zero-order valence-electron chi connectivity index (χ0n) is 9.37. The third kappa shape index (κ3) is 3.43. The van der Waals surface area contributed by atoms with Gasteiger partial charge >= 0.3 is 0 Å². The van der Waals surface area contributed by atoms with E-state index in [1.165, 1.54) is 0 Å². The summed E-state index contributed by atoms with van der Waals surface area (Å²) >= 11 is 2.25. The van der Waals surface area contributed by atoms with Crippen molar-refractivity contribution in [3.8, 4) is 0 Å².